The Labute approximate surface area is 93.2 Å². The third-order valence-electron chi connectivity index (χ3n) is 2.86. The van der Waals surface area contributed by atoms with Crippen molar-refractivity contribution in [1.29, 1.82) is 0 Å². The molecule has 2 rings (SSSR count). The van der Waals surface area contributed by atoms with Crippen molar-refractivity contribution in [3.8, 4) is 0 Å². The first-order chi connectivity index (χ1) is 7.70. The van der Waals surface area contributed by atoms with Gasteiger partial charge in [0.2, 0.25) is 5.91 Å². The Bertz CT molecular complexity index is 401. The predicted molar refractivity (Wildman–Crippen MR) is 55.9 cm³/mol. The highest BCUT2D eigenvalue weighted by molar-refractivity contribution is 5.73. The molecule has 0 aromatic carbocycles. The first kappa shape index (κ1) is 10.8. The van der Waals surface area contributed by atoms with Crippen LogP contribution in [0.4, 0.5) is 0 Å². The lowest BCUT2D eigenvalue weighted by atomic mass is 10.1. The van der Waals surface area contributed by atoms with Gasteiger partial charge in [-0.15, -0.1) is 5.10 Å². The summed E-state index contributed by atoms with van der Waals surface area (Å²) in [5.74, 6) is 0.0837. The van der Waals surface area contributed by atoms with Crippen LogP contribution in [0.15, 0.2) is 6.20 Å². The van der Waals surface area contributed by atoms with Crippen LogP contribution < -0.4 is 0 Å². The Hall–Kier alpha value is -1.72. The van der Waals surface area contributed by atoms with Gasteiger partial charge < -0.3 is 4.90 Å². The van der Waals surface area contributed by atoms with Crippen molar-refractivity contribution in [2.75, 3.05) is 13.1 Å². The second-order valence-corrected chi connectivity index (χ2v) is 4.00. The Balaban J connectivity index is 2.09. The smallest absolute Gasteiger partial charge is 0.219 e. The molecule has 1 aliphatic heterocycles. The van der Waals surface area contributed by atoms with Crippen LogP contribution in [-0.2, 0) is 4.79 Å². The van der Waals surface area contributed by atoms with Crippen LogP contribution in [0.3, 0.4) is 0 Å². The summed E-state index contributed by atoms with van der Waals surface area (Å²) in [5.41, 5.74) is 0.333. The summed E-state index contributed by atoms with van der Waals surface area (Å²) in [5, 5.41) is 7.62. The molecule has 0 aliphatic carbocycles. The predicted octanol–water partition coefficient (Wildman–Crippen LogP) is 0.274. The standard InChI is InChI=1S/C10H14N4O2/c1-8(16)13-4-2-3-10(6-13)14-5-9(7-15)11-12-14/h5,7,10H,2-4,6H2,1H3/t10-/m0/s1. The number of nitrogens with zero attached hydrogens (tertiary/aromatic N) is 4. The summed E-state index contributed by atoms with van der Waals surface area (Å²) in [7, 11) is 0. The van der Waals surface area contributed by atoms with E-state index in [0.717, 1.165) is 19.4 Å². The van der Waals surface area contributed by atoms with Crippen LogP contribution in [0.2, 0.25) is 0 Å². The third-order valence-corrected chi connectivity index (χ3v) is 2.86. The minimum Gasteiger partial charge on any atom is -0.341 e. The number of amides is 1. The summed E-state index contributed by atoms with van der Waals surface area (Å²) in [6, 6.07) is 0.138. The molecule has 0 radical (unpaired) electrons. The van der Waals surface area contributed by atoms with Gasteiger partial charge in [0.15, 0.2) is 6.29 Å². The zero-order chi connectivity index (χ0) is 11.5. The molecular weight excluding hydrogens is 208 g/mol. The Morgan fingerprint density at radius 3 is 3.06 bits per heavy atom. The topological polar surface area (TPSA) is 68.1 Å². The van der Waals surface area contributed by atoms with E-state index >= 15 is 0 Å². The van der Waals surface area contributed by atoms with E-state index in [9.17, 15) is 9.59 Å². The normalized spacial score (nSPS) is 20.8. The number of carbonyl (C=O) groups is 2. The first-order valence-electron chi connectivity index (χ1n) is 5.33. The summed E-state index contributed by atoms with van der Waals surface area (Å²) in [6.45, 7) is 3.03. The van der Waals surface area contributed by atoms with Gasteiger partial charge in [-0.05, 0) is 12.8 Å². The fourth-order valence-corrected chi connectivity index (χ4v) is 1.98. The monoisotopic (exact) mass is 222 g/mol. The number of hydrogen-bond acceptors (Lipinski definition) is 4. The van der Waals surface area contributed by atoms with E-state index in [4.69, 9.17) is 0 Å². The van der Waals surface area contributed by atoms with Crippen LogP contribution in [0.5, 0.6) is 0 Å². The van der Waals surface area contributed by atoms with Crippen molar-refractivity contribution in [2.45, 2.75) is 25.8 Å². The molecular formula is C10H14N4O2. The Morgan fingerprint density at radius 2 is 2.44 bits per heavy atom. The highest BCUT2D eigenvalue weighted by Gasteiger charge is 2.23. The van der Waals surface area contributed by atoms with E-state index in [1.165, 1.54) is 0 Å². The summed E-state index contributed by atoms with van der Waals surface area (Å²) >= 11 is 0. The number of carbonyl (C=O) groups excluding carboxylic acids is 2. The van der Waals surface area contributed by atoms with E-state index in [2.05, 4.69) is 10.3 Å². The van der Waals surface area contributed by atoms with Crippen LogP contribution in [0.1, 0.15) is 36.3 Å². The Morgan fingerprint density at radius 1 is 1.62 bits per heavy atom. The molecule has 0 unspecified atom stereocenters. The maximum atomic E-state index is 11.3. The summed E-state index contributed by atoms with van der Waals surface area (Å²) < 4.78 is 1.68. The molecule has 0 bridgehead atoms. The third kappa shape index (κ3) is 2.10. The van der Waals surface area contributed by atoms with E-state index in [-0.39, 0.29) is 11.9 Å². The number of hydrogen-bond donors (Lipinski definition) is 0. The van der Waals surface area contributed by atoms with Gasteiger partial charge in [-0.1, -0.05) is 5.21 Å². The molecule has 1 aliphatic rings. The van der Waals surface area contributed by atoms with Gasteiger partial charge >= 0.3 is 0 Å². The largest absolute Gasteiger partial charge is 0.341 e. The Kier molecular flexibility index (Phi) is 2.98. The molecule has 0 N–H and O–H groups in total. The maximum absolute atomic E-state index is 11.3. The van der Waals surface area contributed by atoms with Gasteiger partial charge in [-0.3, -0.25) is 9.59 Å². The molecule has 0 spiro atoms. The minimum atomic E-state index is 0.0837. The molecule has 2 heterocycles. The van der Waals surface area contributed by atoms with Crippen LogP contribution in [-0.4, -0.2) is 45.2 Å². The van der Waals surface area contributed by atoms with Crippen molar-refractivity contribution in [3.05, 3.63) is 11.9 Å². The molecule has 1 fully saturated rings. The lowest BCUT2D eigenvalue weighted by Gasteiger charge is -2.31. The quantitative estimate of drug-likeness (QED) is 0.674. The summed E-state index contributed by atoms with van der Waals surface area (Å²) in [4.78, 5) is 23.6. The van der Waals surface area contributed by atoms with Crippen LogP contribution in [0, 0.1) is 0 Å². The number of aldehydes is 1. The van der Waals surface area contributed by atoms with E-state index < -0.39 is 0 Å². The second-order valence-electron chi connectivity index (χ2n) is 4.00. The summed E-state index contributed by atoms with van der Waals surface area (Å²) in [6.07, 6.45) is 4.22. The number of aromatic nitrogens is 3. The van der Waals surface area contributed by atoms with Gasteiger partial charge in [-0.2, -0.15) is 0 Å². The van der Waals surface area contributed by atoms with Gasteiger partial charge in [-0.25, -0.2) is 4.68 Å². The molecule has 16 heavy (non-hydrogen) atoms. The molecule has 1 atom stereocenters. The molecule has 1 aromatic rings. The molecule has 0 saturated carbocycles. The fourth-order valence-electron chi connectivity index (χ4n) is 1.98. The van der Waals surface area contributed by atoms with Gasteiger partial charge in [0.25, 0.3) is 0 Å². The lowest BCUT2D eigenvalue weighted by molar-refractivity contribution is -0.130. The van der Waals surface area contributed by atoms with Gasteiger partial charge in [0.1, 0.15) is 5.69 Å². The zero-order valence-electron chi connectivity index (χ0n) is 9.17. The van der Waals surface area contributed by atoms with Crippen molar-refractivity contribution < 1.29 is 9.59 Å². The average Bonchev–Trinajstić information content (AvgIpc) is 2.77. The van der Waals surface area contributed by atoms with Crippen molar-refractivity contribution in [1.82, 2.24) is 19.9 Å². The average molecular weight is 222 g/mol. The van der Waals surface area contributed by atoms with E-state index in [1.54, 1.807) is 22.7 Å². The molecule has 1 saturated heterocycles. The highest BCUT2D eigenvalue weighted by Crippen LogP contribution is 2.20. The number of rotatable bonds is 2. The molecule has 6 heteroatoms. The first-order valence-corrected chi connectivity index (χ1v) is 5.33. The molecule has 6 nitrogen and oxygen atoms in total. The zero-order valence-corrected chi connectivity index (χ0v) is 9.17. The molecule has 1 aromatic heterocycles. The number of piperidine rings is 1. The van der Waals surface area contributed by atoms with E-state index in [1.807, 2.05) is 0 Å². The number of likely N-dealkylation sites (tertiary alicyclic amines) is 1. The highest BCUT2D eigenvalue weighted by atomic mass is 16.2. The SMILES string of the molecule is CC(=O)N1CCC[C@H](n2cc(C=O)nn2)C1. The molecule has 86 valence electrons. The lowest BCUT2D eigenvalue weighted by Crippen LogP contribution is -2.39. The van der Waals surface area contributed by atoms with Gasteiger partial charge in [0.05, 0.1) is 12.2 Å². The molecule has 1 amide bonds. The van der Waals surface area contributed by atoms with Crippen molar-refractivity contribution >= 4 is 12.2 Å². The van der Waals surface area contributed by atoms with Crippen LogP contribution >= 0.6 is 0 Å². The maximum Gasteiger partial charge on any atom is 0.219 e. The minimum absolute atomic E-state index is 0.0837. The van der Waals surface area contributed by atoms with Gasteiger partial charge in [0, 0.05) is 20.0 Å². The second kappa shape index (κ2) is 4.42. The van der Waals surface area contributed by atoms with Crippen molar-refractivity contribution in [2.24, 2.45) is 0 Å². The fraction of sp³-hybridized carbons (Fsp3) is 0.600. The van der Waals surface area contributed by atoms with Crippen molar-refractivity contribution in [3.63, 3.8) is 0 Å². The van der Waals surface area contributed by atoms with E-state index in [0.29, 0.717) is 18.5 Å². The van der Waals surface area contributed by atoms with Crippen LogP contribution in [0.25, 0.3) is 0 Å².